The molecule has 4 rings (SSSR count). The van der Waals surface area contributed by atoms with Gasteiger partial charge in [0.2, 0.25) is 0 Å². The molecule has 5 heteroatoms. The number of rotatable bonds is 3. The van der Waals surface area contributed by atoms with E-state index in [0.717, 1.165) is 24.0 Å². The molecule has 0 aliphatic carbocycles. The summed E-state index contributed by atoms with van der Waals surface area (Å²) in [6.07, 6.45) is 1.92. The van der Waals surface area contributed by atoms with Crippen LogP contribution >= 0.6 is 23.1 Å². The van der Waals surface area contributed by atoms with E-state index >= 15 is 0 Å². The molecule has 3 nitrogen and oxygen atoms in total. The summed E-state index contributed by atoms with van der Waals surface area (Å²) >= 11 is 3.42. The molecule has 0 atom stereocenters. The third-order valence-corrected chi connectivity index (χ3v) is 5.76. The Morgan fingerprint density at radius 1 is 1.43 bits per heavy atom. The van der Waals surface area contributed by atoms with Gasteiger partial charge in [-0.15, -0.1) is 11.3 Å². The number of amidine groups is 1. The Hall–Kier alpha value is -1.72. The van der Waals surface area contributed by atoms with E-state index in [2.05, 4.69) is 40.1 Å². The van der Waals surface area contributed by atoms with E-state index in [9.17, 15) is 0 Å². The lowest BCUT2D eigenvalue weighted by atomic mass is 10.1. The van der Waals surface area contributed by atoms with Crippen LogP contribution in [0.4, 0.5) is 0 Å². The zero-order valence-corrected chi connectivity index (χ0v) is 13.3. The number of nitrogens with zero attached hydrogens (tertiary/aromatic N) is 2. The van der Waals surface area contributed by atoms with Crippen LogP contribution in [-0.2, 0) is 0 Å². The monoisotopic (exact) mass is 314 g/mol. The number of fused-ring (bicyclic) bond motifs is 2. The first-order valence-corrected chi connectivity index (χ1v) is 8.43. The van der Waals surface area contributed by atoms with Crippen LogP contribution in [0.1, 0.15) is 5.56 Å². The molecule has 2 aliphatic rings. The second kappa shape index (κ2) is 4.93. The van der Waals surface area contributed by atoms with E-state index < -0.39 is 0 Å². The van der Waals surface area contributed by atoms with Crippen LogP contribution in [0.3, 0.4) is 0 Å². The zero-order valence-electron chi connectivity index (χ0n) is 11.6. The van der Waals surface area contributed by atoms with E-state index in [4.69, 9.17) is 4.74 Å². The number of hydrogen-bond acceptors (Lipinski definition) is 5. The van der Waals surface area contributed by atoms with Crippen LogP contribution in [0.5, 0.6) is 5.75 Å². The van der Waals surface area contributed by atoms with Crippen molar-refractivity contribution in [3.05, 3.63) is 46.7 Å². The first kappa shape index (κ1) is 13.0. The van der Waals surface area contributed by atoms with Crippen molar-refractivity contribution < 1.29 is 4.74 Å². The van der Waals surface area contributed by atoms with Crippen molar-refractivity contribution in [3.8, 4) is 5.75 Å². The molecule has 0 radical (unpaired) electrons. The van der Waals surface area contributed by atoms with Gasteiger partial charge in [0.25, 0.3) is 0 Å². The maximum absolute atomic E-state index is 5.57. The third kappa shape index (κ3) is 1.92. The highest BCUT2D eigenvalue weighted by Crippen LogP contribution is 2.44. The van der Waals surface area contributed by atoms with Gasteiger partial charge in [0.15, 0.2) is 5.17 Å². The minimum atomic E-state index is 0.869. The summed E-state index contributed by atoms with van der Waals surface area (Å²) in [6.45, 7) is 5.76. The van der Waals surface area contributed by atoms with Crippen LogP contribution in [0, 0.1) is 0 Å². The molecule has 3 heterocycles. The molecular weight excluding hydrogens is 300 g/mol. The van der Waals surface area contributed by atoms with E-state index in [-0.39, 0.29) is 0 Å². The van der Waals surface area contributed by atoms with Gasteiger partial charge in [0, 0.05) is 17.0 Å². The molecule has 0 spiro atoms. The highest BCUT2D eigenvalue weighted by atomic mass is 32.2. The summed E-state index contributed by atoms with van der Waals surface area (Å²) in [5, 5.41) is 4.41. The molecule has 0 saturated carbocycles. The van der Waals surface area contributed by atoms with Gasteiger partial charge in [-0.2, -0.15) is 0 Å². The van der Waals surface area contributed by atoms with Crippen LogP contribution in [0.15, 0.2) is 46.1 Å². The Kier molecular flexibility index (Phi) is 3.05. The van der Waals surface area contributed by atoms with Gasteiger partial charge in [-0.3, -0.25) is 4.99 Å². The quantitative estimate of drug-likeness (QED) is 0.849. The summed E-state index contributed by atoms with van der Waals surface area (Å²) in [5.74, 6) is 0.933. The number of ether oxygens (including phenoxy) is 1. The summed E-state index contributed by atoms with van der Waals surface area (Å²) in [6, 6.07) is 6.50. The number of benzene rings is 1. The van der Waals surface area contributed by atoms with Gasteiger partial charge in [-0.25, -0.2) is 0 Å². The molecule has 0 unspecified atom stereocenters. The summed E-state index contributed by atoms with van der Waals surface area (Å²) in [5.41, 5.74) is 2.38. The van der Waals surface area contributed by atoms with Crippen molar-refractivity contribution in [2.75, 3.05) is 20.2 Å². The number of thioether (sulfide) groups is 1. The minimum absolute atomic E-state index is 0.869. The summed E-state index contributed by atoms with van der Waals surface area (Å²) in [7, 11) is 1.73. The number of hydrogen-bond donors (Lipinski definition) is 0. The lowest BCUT2D eigenvalue weighted by molar-refractivity contribution is 0.420. The SMILES string of the molecule is C=CC1=C(c2cc(OC)c3sccc3c2)N2CCN=C2S1. The second-order valence-corrected chi connectivity index (χ2v) is 6.78. The maximum Gasteiger partial charge on any atom is 0.168 e. The fourth-order valence-electron chi connectivity index (χ4n) is 2.78. The van der Waals surface area contributed by atoms with Crippen molar-refractivity contribution in [1.29, 1.82) is 0 Å². The van der Waals surface area contributed by atoms with Crippen molar-refractivity contribution >= 4 is 44.0 Å². The van der Waals surface area contributed by atoms with Crippen molar-refractivity contribution in [2.45, 2.75) is 0 Å². The van der Waals surface area contributed by atoms with E-state index in [0.29, 0.717) is 0 Å². The molecule has 0 saturated heterocycles. The molecular formula is C16H14N2OS2. The topological polar surface area (TPSA) is 24.8 Å². The van der Waals surface area contributed by atoms with Gasteiger partial charge < -0.3 is 9.64 Å². The van der Waals surface area contributed by atoms with Crippen molar-refractivity contribution in [2.24, 2.45) is 4.99 Å². The Morgan fingerprint density at radius 2 is 2.33 bits per heavy atom. The Labute approximate surface area is 131 Å². The third-order valence-electron chi connectivity index (χ3n) is 3.70. The van der Waals surface area contributed by atoms with E-state index in [1.54, 1.807) is 30.2 Å². The average molecular weight is 314 g/mol. The molecule has 0 N–H and O–H groups in total. The largest absolute Gasteiger partial charge is 0.495 e. The lowest BCUT2D eigenvalue weighted by Crippen LogP contribution is -2.20. The first-order valence-electron chi connectivity index (χ1n) is 6.74. The molecule has 0 amide bonds. The smallest absolute Gasteiger partial charge is 0.168 e. The molecule has 0 bridgehead atoms. The van der Waals surface area contributed by atoms with E-state index in [1.807, 2.05) is 6.08 Å². The van der Waals surface area contributed by atoms with Gasteiger partial charge >= 0.3 is 0 Å². The molecule has 1 aromatic heterocycles. The summed E-state index contributed by atoms with van der Waals surface area (Å²) in [4.78, 5) is 8.01. The van der Waals surface area contributed by atoms with Gasteiger partial charge in [-0.1, -0.05) is 12.7 Å². The van der Waals surface area contributed by atoms with E-state index in [1.165, 1.54) is 26.3 Å². The highest BCUT2D eigenvalue weighted by molar-refractivity contribution is 8.17. The second-order valence-electron chi connectivity index (χ2n) is 4.85. The number of thiophene rings is 1. The maximum atomic E-state index is 5.57. The Balaban J connectivity index is 1.92. The van der Waals surface area contributed by atoms with Gasteiger partial charge in [0.05, 0.1) is 24.1 Å². The predicted molar refractivity (Wildman–Crippen MR) is 92.1 cm³/mol. The van der Waals surface area contributed by atoms with Crippen LogP contribution in [-0.4, -0.2) is 30.3 Å². The number of aliphatic imine (C=N–C) groups is 1. The fourth-order valence-corrected chi connectivity index (χ4v) is 4.70. The molecule has 2 aromatic rings. The molecule has 2 aliphatic heterocycles. The van der Waals surface area contributed by atoms with Crippen molar-refractivity contribution in [3.63, 3.8) is 0 Å². The van der Waals surface area contributed by atoms with Crippen LogP contribution in [0.2, 0.25) is 0 Å². The number of methoxy groups -OCH3 is 1. The zero-order chi connectivity index (χ0) is 14.4. The Bertz CT molecular complexity index is 804. The molecule has 0 fully saturated rings. The highest BCUT2D eigenvalue weighted by Gasteiger charge is 2.32. The van der Waals surface area contributed by atoms with Gasteiger partial charge in [0.1, 0.15) is 5.75 Å². The van der Waals surface area contributed by atoms with Crippen LogP contribution < -0.4 is 4.74 Å². The standard InChI is InChI=1S/C16H14N2OS2/c1-3-13-14(18-6-5-17-16(18)21-13)11-8-10-4-7-20-15(10)12(9-11)19-2/h3-4,7-9H,1,5-6H2,2H3. The molecule has 106 valence electrons. The lowest BCUT2D eigenvalue weighted by Gasteiger charge is -2.18. The predicted octanol–water partition coefficient (Wildman–Crippen LogP) is 4.18. The normalized spacial score (nSPS) is 17.4. The Morgan fingerprint density at radius 3 is 3.14 bits per heavy atom. The minimum Gasteiger partial charge on any atom is -0.495 e. The van der Waals surface area contributed by atoms with Crippen molar-refractivity contribution in [1.82, 2.24) is 4.90 Å². The fraction of sp³-hybridized carbons (Fsp3) is 0.188. The summed E-state index contributed by atoms with van der Waals surface area (Å²) < 4.78 is 6.77. The van der Waals surface area contributed by atoms with Crippen LogP contribution in [0.25, 0.3) is 15.8 Å². The first-order chi connectivity index (χ1) is 10.3. The number of allylic oxidation sites excluding steroid dienone is 1. The van der Waals surface area contributed by atoms with Gasteiger partial charge in [-0.05, 0) is 40.7 Å². The average Bonchev–Trinajstić information content (AvgIpc) is 3.19. The molecule has 21 heavy (non-hydrogen) atoms. The molecule has 1 aromatic carbocycles.